The Morgan fingerprint density at radius 2 is 0.907 bits per heavy atom. The fourth-order valence-electron chi connectivity index (χ4n) is 5.90. The maximum atomic E-state index is 11.5. The molecule has 43 heavy (non-hydrogen) atoms. The molecule has 0 spiro atoms. The van der Waals surface area contributed by atoms with Crippen molar-refractivity contribution in [1.29, 1.82) is 0 Å². The van der Waals surface area contributed by atoms with Gasteiger partial charge in [0, 0.05) is 0 Å². The number of hydrogen-bond donors (Lipinski definition) is 2. The molecule has 4 nitrogen and oxygen atoms in total. The van der Waals surface area contributed by atoms with Crippen LogP contribution in [0.25, 0.3) is 0 Å². The number of hydrogen-bond acceptors (Lipinski definition) is 2. The second-order valence-electron chi connectivity index (χ2n) is 16.4. The second kappa shape index (κ2) is 12.6. The van der Waals surface area contributed by atoms with E-state index in [0.717, 1.165) is 35.1 Å². The molecule has 1 heterocycles. The van der Waals surface area contributed by atoms with Crippen molar-refractivity contribution < 1.29 is 42.2 Å². The average molecular weight is 640 g/mol. The molecule has 1 saturated carbocycles. The molecule has 7 heteroatoms. The van der Waals surface area contributed by atoms with Gasteiger partial charge in [0.15, 0.2) is 0 Å². The molecular weight excluding hydrogens is 585 g/mol. The number of phenolic OH excluding ortho intramolecular Hbond substituents is 2. The van der Waals surface area contributed by atoms with Crippen LogP contribution in [0.1, 0.15) is 142 Å². The first-order chi connectivity index (χ1) is 18.7. The average Bonchev–Trinajstić information content (AvgIpc) is 3.15. The van der Waals surface area contributed by atoms with Crippen molar-refractivity contribution in [1.82, 2.24) is 0 Å². The van der Waals surface area contributed by atoms with E-state index in [4.69, 9.17) is 0 Å². The summed E-state index contributed by atoms with van der Waals surface area (Å²) >= 11 is 0.376. The summed E-state index contributed by atoms with van der Waals surface area (Å²) in [5.74, 6) is 0.798. The third kappa shape index (κ3) is 7.89. The molecule has 2 aromatic rings. The smallest absolute Gasteiger partial charge is 1.00 e. The molecule has 0 bridgehead atoms. The van der Waals surface area contributed by atoms with E-state index in [1.165, 1.54) is 24.0 Å². The van der Waals surface area contributed by atoms with Gasteiger partial charge in [0.25, 0.3) is 0 Å². The van der Waals surface area contributed by atoms with E-state index in [9.17, 15) is 10.2 Å². The van der Waals surface area contributed by atoms with Gasteiger partial charge in [-0.25, -0.2) is 0 Å². The number of fused-ring (bicyclic) bond motifs is 1. The fourth-order valence-corrected chi connectivity index (χ4v) is 7.74. The van der Waals surface area contributed by atoms with Crippen LogP contribution in [-0.2, 0) is 37.1 Å². The quantitative estimate of drug-likeness (QED) is 0.495. The van der Waals surface area contributed by atoms with Crippen molar-refractivity contribution in [2.75, 3.05) is 0 Å². The van der Waals surface area contributed by atoms with Crippen LogP contribution in [0.5, 0.6) is 11.5 Å². The van der Waals surface area contributed by atoms with Crippen LogP contribution >= 0.6 is 0 Å². The van der Waals surface area contributed by atoms with Crippen LogP contribution in [0.15, 0.2) is 24.3 Å². The van der Waals surface area contributed by atoms with Crippen molar-refractivity contribution in [2.45, 2.75) is 143 Å². The van der Waals surface area contributed by atoms with Gasteiger partial charge in [-0.2, -0.15) is 0 Å². The summed E-state index contributed by atoms with van der Waals surface area (Å²) in [5, 5.41) is 23.0. The standard InChI is InChI=1S/C36H54N2O2.2FH.Mn/c1-33(2,3)25-17-23(31(39)27(19-25)35(7,8)9)21-37-29-15-13-14-16-30(29)38-22-24-18-26(34(4,5)6)20-28(32(24)40)36(10,11)12;;;/h17-22,29-30,39-40H,13-16H2,1-12H3;2*1H;/q;;;+4/p-2/b37-21-,38-22?;;;/t29-,30-;;;/m1.../s1. The van der Waals surface area contributed by atoms with Gasteiger partial charge < -0.3 is 9.41 Å². The Balaban J connectivity index is 0.00000323. The van der Waals surface area contributed by atoms with Crippen molar-refractivity contribution in [3.8, 4) is 11.5 Å². The molecule has 2 N–H and O–H groups in total. The molecule has 239 valence electrons. The van der Waals surface area contributed by atoms with Crippen LogP contribution in [0, 0.1) is 0 Å². The molecule has 0 unspecified atom stereocenters. The van der Waals surface area contributed by atoms with Crippen LogP contribution in [0.2, 0.25) is 0 Å². The van der Waals surface area contributed by atoms with Gasteiger partial charge in [0.1, 0.15) is 0 Å². The number of aromatic hydroxyl groups is 2. The van der Waals surface area contributed by atoms with Crippen LogP contribution in [-0.4, -0.2) is 41.9 Å². The Morgan fingerprint density at radius 3 is 1.19 bits per heavy atom. The number of benzene rings is 2. The predicted molar refractivity (Wildman–Crippen MR) is 168 cm³/mol. The summed E-state index contributed by atoms with van der Waals surface area (Å²) in [6.07, 6.45) is 9.19. The van der Waals surface area contributed by atoms with E-state index in [1.807, 2.05) is 0 Å². The second-order valence-corrected chi connectivity index (χ2v) is 17.8. The Morgan fingerprint density at radius 1 is 0.581 bits per heavy atom. The van der Waals surface area contributed by atoms with Crippen molar-refractivity contribution in [3.63, 3.8) is 0 Å². The molecule has 2 fully saturated rings. The molecule has 0 amide bonds. The topological polar surface area (TPSA) is 46.5 Å². The van der Waals surface area contributed by atoms with E-state index in [1.54, 1.807) is 0 Å². The summed E-state index contributed by atoms with van der Waals surface area (Å²) in [5.41, 5.74) is 5.97. The van der Waals surface area contributed by atoms with Crippen LogP contribution in [0.3, 0.4) is 0 Å². The molecule has 1 aliphatic heterocycles. The SMILES string of the molecule is CC(C)(C)c1cc(C=[N+]2[Mn+2]/[N+](=C/c3cc(C(C)(C)C)cc(C(C)(C)C)c3O)[C@@H]3CCCC[C@H]32)c(O)c(C(C)(C)C)c1.[F-].[F-]. The van der Waals surface area contributed by atoms with E-state index in [0.29, 0.717) is 39.0 Å². The van der Waals surface area contributed by atoms with Gasteiger partial charge in [0.05, 0.1) is 0 Å². The molecule has 1 aliphatic carbocycles. The van der Waals surface area contributed by atoms with E-state index in [-0.39, 0.29) is 31.1 Å². The van der Waals surface area contributed by atoms with Crippen molar-refractivity contribution >= 4 is 12.4 Å². The maximum Gasteiger partial charge on any atom is -1.00 e. The van der Waals surface area contributed by atoms with E-state index >= 15 is 0 Å². The number of nitrogens with zero attached hydrogens (tertiary/aromatic N) is 2. The molecule has 0 aromatic heterocycles. The summed E-state index contributed by atoms with van der Waals surface area (Å²) in [6.45, 7) is 26.5. The molecule has 2 aliphatic rings. The third-order valence-electron chi connectivity index (χ3n) is 8.65. The van der Waals surface area contributed by atoms with Gasteiger partial charge in [-0.05, 0) is 0 Å². The van der Waals surface area contributed by atoms with Gasteiger partial charge in [0.2, 0.25) is 0 Å². The summed E-state index contributed by atoms with van der Waals surface area (Å²) in [7, 11) is 0. The first-order valence-electron chi connectivity index (χ1n) is 15.4. The zero-order chi connectivity index (χ0) is 30.7. The first-order valence-corrected chi connectivity index (χ1v) is 16.4. The Labute approximate surface area is 265 Å². The first kappa shape index (κ1) is 36.9. The Bertz CT molecular complexity index is 1280. The van der Waals surface area contributed by atoms with Gasteiger partial charge >= 0.3 is 257 Å². The minimum atomic E-state index is -0.158. The number of rotatable bonds is 2. The normalized spacial score (nSPS) is 21.2. The van der Waals surface area contributed by atoms with E-state index in [2.05, 4.69) is 127 Å². The third-order valence-corrected chi connectivity index (χ3v) is 10.3. The summed E-state index contributed by atoms with van der Waals surface area (Å²) in [4.78, 5) is 0. The Kier molecular flexibility index (Phi) is 10.9. The zero-order valence-electron chi connectivity index (χ0n) is 28.4. The number of phenols is 2. The fraction of sp³-hybridized carbons (Fsp3) is 0.611. The molecular formula is C36H54F2MnN2O2+2. The molecule has 2 aromatic carbocycles. The molecule has 1 saturated heterocycles. The van der Waals surface area contributed by atoms with Crippen LogP contribution in [0.4, 0.5) is 0 Å². The predicted octanol–water partition coefficient (Wildman–Crippen LogP) is 2.10. The molecule has 0 radical (unpaired) electrons. The van der Waals surface area contributed by atoms with Crippen LogP contribution < -0.4 is 9.41 Å². The minimum absolute atomic E-state index is 0. The largest absolute Gasteiger partial charge is 1.00 e. The maximum absolute atomic E-state index is 11.5. The summed E-state index contributed by atoms with van der Waals surface area (Å²) < 4.78 is 4.96. The minimum Gasteiger partial charge on any atom is -1.00 e. The van der Waals surface area contributed by atoms with Gasteiger partial charge in [-0.1, -0.05) is 0 Å². The molecule has 4 rings (SSSR count). The zero-order valence-corrected chi connectivity index (χ0v) is 29.6. The summed E-state index contributed by atoms with van der Waals surface area (Å²) in [6, 6.07) is 9.56. The van der Waals surface area contributed by atoms with E-state index < -0.39 is 0 Å². The van der Waals surface area contributed by atoms with Crippen molar-refractivity contribution in [2.24, 2.45) is 0 Å². The number of halogens is 2. The van der Waals surface area contributed by atoms with Crippen molar-refractivity contribution in [3.05, 3.63) is 57.6 Å². The molecule has 2 atom stereocenters. The van der Waals surface area contributed by atoms with Gasteiger partial charge in [-0.3, -0.25) is 0 Å². The van der Waals surface area contributed by atoms with Gasteiger partial charge in [-0.15, -0.1) is 0 Å². The monoisotopic (exact) mass is 639 g/mol. The Hall–Kier alpha value is -2.24.